The van der Waals surface area contributed by atoms with E-state index in [9.17, 15) is 4.79 Å². The highest BCUT2D eigenvalue weighted by Gasteiger charge is 2.23. The van der Waals surface area contributed by atoms with Gasteiger partial charge in [-0.2, -0.15) is 0 Å². The number of likely N-dealkylation sites (tertiary alicyclic amines) is 1. The van der Waals surface area contributed by atoms with Crippen LogP contribution in [-0.2, 0) is 0 Å². The first-order chi connectivity index (χ1) is 12.1. The van der Waals surface area contributed by atoms with E-state index in [0.717, 1.165) is 45.1 Å². The molecule has 1 N–H and O–H groups in total. The second-order valence-electron chi connectivity index (χ2n) is 7.97. The zero-order valence-electron chi connectivity index (χ0n) is 15.7. The summed E-state index contributed by atoms with van der Waals surface area (Å²) in [6, 6.07) is 3.90. The van der Waals surface area contributed by atoms with Crippen LogP contribution >= 0.6 is 0 Å². The predicted octanol–water partition coefficient (Wildman–Crippen LogP) is 2.78. The maximum atomic E-state index is 12.4. The summed E-state index contributed by atoms with van der Waals surface area (Å²) >= 11 is 0. The van der Waals surface area contributed by atoms with Crippen LogP contribution in [0, 0.1) is 11.8 Å². The molecule has 0 saturated carbocycles. The fourth-order valence-electron chi connectivity index (χ4n) is 3.93. The number of nitrogens with zero attached hydrogens (tertiary/aromatic N) is 3. The summed E-state index contributed by atoms with van der Waals surface area (Å²) in [6.45, 7) is 10.9. The van der Waals surface area contributed by atoms with E-state index >= 15 is 0 Å². The van der Waals surface area contributed by atoms with Crippen molar-refractivity contribution < 1.29 is 4.79 Å². The second kappa shape index (κ2) is 8.65. The Bertz CT molecular complexity index is 551. The molecule has 138 valence electrons. The molecule has 1 atom stereocenters. The van der Waals surface area contributed by atoms with Gasteiger partial charge in [-0.05, 0) is 56.2 Å². The minimum Gasteiger partial charge on any atom is -0.357 e. The molecule has 0 unspecified atom stereocenters. The van der Waals surface area contributed by atoms with E-state index in [4.69, 9.17) is 0 Å². The van der Waals surface area contributed by atoms with E-state index in [0.29, 0.717) is 17.4 Å². The van der Waals surface area contributed by atoms with Gasteiger partial charge in [0.15, 0.2) is 0 Å². The molecule has 1 aromatic heterocycles. The summed E-state index contributed by atoms with van der Waals surface area (Å²) in [7, 11) is 0. The van der Waals surface area contributed by atoms with E-state index in [1.807, 2.05) is 12.1 Å². The van der Waals surface area contributed by atoms with Gasteiger partial charge in [-0.15, -0.1) is 0 Å². The molecule has 0 aliphatic carbocycles. The van der Waals surface area contributed by atoms with Gasteiger partial charge in [-0.1, -0.05) is 13.8 Å². The molecule has 2 aliphatic rings. The van der Waals surface area contributed by atoms with Gasteiger partial charge >= 0.3 is 0 Å². The molecule has 3 rings (SSSR count). The molecule has 0 spiro atoms. The standard InChI is InChI=1S/C20H32N4O/c1-16(2)14-23-11-8-17(15-23)12-22-20(25)18-6-7-19(21-13-18)24-9-4-3-5-10-24/h6-7,13,16-17H,3-5,8-12,14-15H2,1-2H3,(H,22,25)/t17-/m1/s1. The van der Waals surface area contributed by atoms with Crippen LogP contribution in [0.4, 0.5) is 5.82 Å². The minimum absolute atomic E-state index is 0.00000346. The lowest BCUT2D eigenvalue weighted by Gasteiger charge is -2.27. The van der Waals surface area contributed by atoms with Gasteiger partial charge in [0.05, 0.1) is 5.56 Å². The van der Waals surface area contributed by atoms with Crippen LogP contribution in [0.25, 0.3) is 0 Å². The molecule has 1 amide bonds. The van der Waals surface area contributed by atoms with Crippen LogP contribution in [0.1, 0.15) is 49.9 Å². The lowest BCUT2D eigenvalue weighted by Crippen LogP contribution is -2.32. The van der Waals surface area contributed by atoms with Crippen LogP contribution in [0.3, 0.4) is 0 Å². The van der Waals surface area contributed by atoms with Crippen LogP contribution in [0.5, 0.6) is 0 Å². The van der Waals surface area contributed by atoms with Gasteiger partial charge in [-0.25, -0.2) is 4.98 Å². The van der Waals surface area contributed by atoms with Crippen LogP contribution in [0.15, 0.2) is 18.3 Å². The van der Waals surface area contributed by atoms with Gasteiger partial charge in [0.1, 0.15) is 5.82 Å². The fraction of sp³-hybridized carbons (Fsp3) is 0.700. The van der Waals surface area contributed by atoms with E-state index in [1.165, 1.54) is 25.7 Å². The molecule has 2 saturated heterocycles. The number of pyridine rings is 1. The molecule has 0 bridgehead atoms. The van der Waals surface area contributed by atoms with Crippen molar-refractivity contribution >= 4 is 11.7 Å². The van der Waals surface area contributed by atoms with Gasteiger partial charge in [0.25, 0.3) is 5.91 Å². The summed E-state index contributed by atoms with van der Waals surface area (Å²) in [6.07, 6.45) is 6.68. The first kappa shape index (κ1) is 18.2. The lowest BCUT2D eigenvalue weighted by molar-refractivity contribution is 0.0947. The Kier molecular flexibility index (Phi) is 6.29. The van der Waals surface area contributed by atoms with Crippen molar-refractivity contribution in [2.75, 3.05) is 44.2 Å². The SMILES string of the molecule is CC(C)CN1CC[C@H](CNC(=O)c2ccc(N3CCCCC3)nc2)C1. The molecule has 2 aliphatic heterocycles. The zero-order valence-corrected chi connectivity index (χ0v) is 15.7. The molecule has 1 aromatic rings. The number of nitrogens with one attached hydrogen (secondary N) is 1. The maximum Gasteiger partial charge on any atom is 0.252 e. The average molecular weight is 345 g/mol. The fourth-order valence-corrected chi connectivity index (χ4v) is 3.93. The van der Waals surface area contributed by atoms with Crippen molar-refractivity contribution in [3.63, 3.8) is 0 Å². The highest BCUT2D eigenvalue weighted by molar-refractivity contribution is 5.94. The van der Waals surface area contributed by atoms with Crippen LogP contribution in [-0.4, -0.2) is 55.1 Å². The number of hydrogen-bond donors (Lipinski definition) is 1. The monoisotopic (exact) mass is 344 g/mol. The van der Waals surface area contributed by atoms with Crippen molar-refractivity contribution in [3.05, 3.63) is 23.9 Å². The molecule has 25 heavy (non-hydrogen) atoms. The highest BCUT2D eigenvalue weighted by Crippen LogP contribution is 2.18. The van der Waals surface area contributed by atoms with Crippen molar-refractivity contribution in [2.45, 2.75) is 39.5 Å². The number of carbonyl (C=O) groups is 1. The summed E-state index contributed by atoms with van der Waals surface area (Å²) < 4.78 is 0. The number of hydrogen-bond acceptors (Lipinski definition) is 4. The topological polar surface area (TPSA) is 48.5 Å². The summed E-state index contributed by atoms with van der Waals surface area (Å²) in [5.74, 6) is 2.28. The van der Waals surface area contributed by atoms with Crippen molar-refractivity contribution in [2.24, 2.45) is 11.8 Å². The van der Waals surface area contributed by atoms with Gasteiger partial charge in [0, 0.05) is 38.9 Å². The normalized spacial score (nSPS) is 21.7. The van der Waals surface area contributed by atoms with Crippen LogP contribution < -0.4 is 10.2 Å². The van der Waals surface area contributed by atoms with Crippen molar-refractivity contribution in [1.82, 2.24) is 15.2 Å². The Morgan fingerprint density at radius 3 is 2.72 bits per heavy atom. The molecule has 5 heteroatoms. The molecule has 5 nitrogen and oxygen atoms in total. The summed E-state index contributed by atoms with van der Waals surface area (Å²) in [5, 5.41) is 3.09. The van der Waals surface area contributed by atoms with Gasteiger partial charge in [0.2, 0.25) is 0 Å². The number of carbonyl (C=O) groups excluding carboxylic acids is 1. The average Bonchev–Trinajstić information content (AvgIpc) is 3.07. The first-order valence-electron chi connectivity index (χ1n) is 9.83. The Balaban J connectivity index is 1.45. The third kappa shape index (κ3) is 5.18. The Hall–Kier alpha value is -1.62. The molecular formula is C20H32N4O. The summed E-state index contributed by atoms with van der Waals surface area (Å²) in [4.78, 5) is 21.7. The molecule has 3 heterocycles. The Morgan fingerprint density at radius 1 is 1.24 bits per heavy atom. The molecular weight excluding hydrogens is 312 g/mol. The largest absolute Gasteiger partial charge is 0.357 e. The molecule has 2 fully saturated rings. The number of anilines is 1. The molecule has 0 radical (unpaired) electrons. The lowest BCUT2D eigenvalue weighted by atomic mass is 10.1. The Labute approximate surface area is 151 Å². The predicted molar refractivity (Wildman–Crippen MR) is 102 cm³/mol. The first-order valence-corrected chi connectivity index (χ1v) is 9.83. The highest BCUT2D eigenvalue weighted by atomic mass is 16.1. The van der Waals surface area contributed by atoms with Crippen LogP contribution in [0.2, 0.25) is 0 Å². The maximum absolute atomic E-state index is 12.4. The van der Waals surface area contributed by atoms with Crippen molar-refractivity contribution in [1.29, 1.82) is 0 Å². The summed E-state index contributed by atoms with van der Waals surface area (Å²) in [5.41, 5.74) is 0.665. The third-order valence-electron chi connectivity index (χ3n) is 5.23. The zero-order chi connectivity index (χ0) is 17.6. The second-order valence-corrected chi connectivity index (χ2v) is 7.97. The number of aromatic nitrogens is 1. The van der Waals surface area contributed by atoms with E-state index in [1.54, 1.807) is 6.20 Å². The number of amides is 1. The van der Waals surface area contributed by atoms with E-state index in [2.05, 4.69) is 33.9 Å². The van der Waals surface area contributed by atoms with Crippen molar-refractivity contribution in [3.8, 4) is 0 Å². The number of rotatable bonds is 6. The van der Waals surface area contributed by atoms with E-state index < -0.39 is 0 Å². The quantitative estimate of drug-likeness (QED) is 0.862. The third-order valence-corrected chi connectivity index (χ3v) is 5.23. The Morgan fingerprint density at radius 2 is 2.04 bits per heavy atom. The molecule has 0 aromatic carbocycles. The minimum atomic E-state index is 0.00000346. The van der Waals surface area contributed by atoms with Gasteiger partial charge in [-0.3, -0.25) is 4.79 Å². The van der Waals surface area contributed by atoms with E-state index in [-0.39, 0.29) is 5.91 Å². The van der Waals surface area contributed by atoms with Gasteiger partial charge < -0.3 is 15.1 Å². The smallest absolute Gasteiger partial charge is 0.252 e. The number of piperidine rings is 1.